The summed E-state index contributed by atoms with van der Waals surface area (Å²) in [6.45, 7) is 4.16. The number of Topliss-reactive ketones (excluding diaryl/α,β-unsaturated/α-hetero) is 1. The first-order valence-electron chi connectivity index (χ1n) is 8.95. The highest BCUT2D eigenvalue weighted by Crippen LogP contribution is 2.24. The highest BCUT2D eigenvalue weighted by molar-refractivity contribution is 5.99. The van der Waals surface area contributed by atoms with Crippen molar-refractivity contribution in [1.82, 2.24) is 0 Å². The number of amides is 1. The average Bonchev–Trinajstić information content (AvgIpc) is 2.64. The van der Waals surface area contributed by atoms with Gasteiger partial charge in [0.1, 0.15) is 17.3 Å². The highest BCUT2D eigenvalue weighted by atomic mass is 19.1. The average molecular weight is 373 g/mol. The van der Waals surface area contributed by atoms with E-state index in [1.54, 1.807) is 30.3 Å². The molecule has 0 aliphatic heterocycles. The summed E-state index contributed by atoms with van der Waals surface area (Å²) in [6.07, 6.45) is 1.79. The van der Waals surface area contributed by atoms with E-state index in [0.29, 0.717) is 48.8 Å². The zero-order chi connectivity index (χ0) is 19.6. The maximum absolute atomic E-state index is 12.8. The number of carbonyl (C=O) groups excluding carboxylic acids is 2. The molecule has 2 aromatic carbocycles. The van der Waals surface area contributed by atoms with Crippen LogP contribution in [0.25, 0.3) is 0 Å². The maximum Gasteiger partial charge on any atom is 0.224 e. The summed E-state index contributed by atoms with van der Waals surface area (Å²) in [5.74, 6) is 0.528. The van der Waals surface area contributed by atoms with E-state index in [0.717, 1.165) is 6.42 Å². The van der Waals surface area contributed by atoms with E-state index in [9.17, 15) is 14.0 Å². The Labute approximate surface area is 158 Å². The summed E-state index contributed by atoms with van der Waals surface area (Å²) in [6, 6.07) is 10.8. The first-order valence-corrected chi connectivity index (χ1v) is 8.95. The van der Waals surface area contributed by atoms with Crippen molar-refractivity contribution in [2.24, 2.45) is 0 Å². The summed E-state index contributed by atoms with van der Waals surface area (Å²) in [5.41, 5.74) is 0.995. The van der Waals surface area contributed by atoms with Crippen molar-refractivity contribution in [2.45, 2.75) is 33.1 Å². The number of halogens is 1. The normalized spacial score (nSPS) is 10.3. The number of rotatable bonds is 10. The minimum absolute atomic E-state index is 0.0846. The van der Waals surface area contributed by atoms with Gasteiger partial charge >= 0.3 is 0 Å². The highest BCUT2D eigenvalue weighted by Gasteiger charge is 2.11. The van der Waals surface area contributed by atoms with E-state index in [1.807, 2.05) is 6.92 Å². The van der Waals surface area contributed by atoms with Crippen LogP contribution in [0.15, 0.2) is 42.5 Å². The standard InChI is InChI=1S/C21H24FNO4/c1-3-5-21(25)23-17-8-11-20(19(14-17)15(2)24)27-13-4-12-26-18-9-6-16(22)7-10-18/h6-11,14H,3-5,12-13H2,1-2H3,(H,23,25). The molecular weight excluding hydrogens is 349 g/mol. The van der Waals surface area contributed by atoms with Crippen LogP contribution in [0.1, 0.15) is 43.5 Å². The predicted octanol–water partition coefficient (Wildman–Crippen LogP) is 4.61. The largest absolute Gasteiger partial charge is 0.493 e. The molecule has 0 saturated heterocycles. The topological polar surface area (TPSA) is 64.6 Å². The second kappa shape index (κ2) is 10.3. The van der Waals surface area contributed by atoms with Gasteiger partial charge in [0.05, 0.1) is 18.8 Å². The number of ketones is 1. The summed E-state index contributed by atoms with van der Waals surface area (Å²) in [7, 11) is 0. The van der Waals surface area contributed by atoms with Gasteiger partial charge in [-0.3, -0.25) is 9.59 Å². The molecule has 5 nitrogen and oxygen atoms in total. The van der Waals surface area contributed by atoms with Gasteiger partial charge in [-0.05, 0) is 55.8 Å². The Morgan fingerprint density at radius 3 is 2.41 bits per heavy atom. The van der Waals surface area contributed by atoms with E-state index >= 15 is 0 Å². The minimum Gasteiger partial charge on any atom is -0.493 e. The van der Waals surface area contributed by atoms with Crippen LogP contribution in [0.5, 0.6) is 11.5 Å². The first-order chi connectivity index (χ1) is 13.0. The van der Waals surface area contributed by atoms with Crippen LogP contribution in [0.4, 0.5) is 10.1 Å². The Balaban J connectivity index is 1.86. The molecule has 6 heteroatoms. The molecule has 0 spiro atoms. The predicted molar refractivity (Wildman–Crippen MR) is 102 cm³/mol. The van der Waals surface area contributed by atoms with Crippen molar-refractivity contribution < 1.29 is 23.5 Å². The lowest BCUT2D eigenvalue weighted by molar-refractivity contribution is -0.116. The SMILES string of the molecule is CCCC(=O)Nc1ccc(OCCCOc2ccc(F)cc2)c(C(C)=O)c1. The van der Waals surface area contributed by atoms with Gasteiger partial charge in [-0.2, -0.15) is 0 Å². The number of hydrogen-bond acceptors (Lipinski definition) is 4. The lowest BCUT2D eigenvalue weighted by Crippen LogP contribution is -2.12. The fourth-order valence-electron chi connectivity index (χ4n) is 2.42. The Morgan fingerprint density at radius 2 is 1.74 bits per heavy atom. The number of ether oxygens (including phenoxy) is 2. The number of hydrogen-bond donors (Lipinski definition) is 1. The van der Waals surface area contributed by atoms with E-state index < -0.39 is 0 Å². The van der Waals surface area contributed by atoms with Gasteiger partial charge in [0.15, 0.2) is 5.78 Å². The first kappa shape index (κ1) is 20.4. The third-order valence-corrected chi connectivity index (χ3v) is 3.75. The molecule has 0 bridgehead atoms. The molecule has 1 amide bonds. The molecule has 27 heavy (non-hydrogen) atoms. The fourth-order valence-corrected chi connectivity index (χ4v) is 2.42. The van der Waals surface area contributed by atoms with Gasteiger partial charge in [0, 0.05) is 18.5 Å². The minimum atomic E-state index is -0.309. The van der Waals surface area contributed by atoms with Gasteiger partial charge in [-0.25, -0.2) is 4.39 Å². The smallest absolute Gasteiger partial charge is 0.224 e. The number of anilines is 1. The second-order valence-corrected chi connectivity index (χ2v) is 6.07. The Hall–Kier alpha value is -2.89. The van der Waals surface area contributed by atoms with Crippen molar-refractivity contribution in [3.05, 3.63) is 53.8 Å². The van der Waals surface area contributed by atoms with Crippen molar-refractivity contribution in [3.63, 3.8) is 0 Å². The molecule has 0 saturated carbocycles. The maximum atomic E-state index is 12.8. The summed E-state index contributed by atoms with van der Waals surface area (Å²) < 4.78 is 24.0. The molecule has 0 radical (unpaired) electrons. The summed E-state index contributed by atoms with van der Waals surface area (Å²) in [5, 5.41) is 2.77. The van der Waals surface area contributed by atoms with Crippen molar-refractivity contribution in [2.75, 3.05) is 18.5 Å². The fraction of sp³-hybridized carbons (Fsp3) is 0.333. The molecular formula is C21H24FNO4. The van der Waals surface area contributed by atoms with Gasteiger partial charge in [-0.1, -0.05) is 6.92 Å². The van der Waals surface area contributed by atoms with Crippen LogP contribution < -0.4 is 14.8 Å². The van der Waals surface area contributed by atoms with Crippen molar-refractivity contribution in [3.8, 4) is 11.5 Å². The lowest BCUT2D eigenvalue weighted by atomic mass is 10.1. The van der Waals surface area contributed by atoms with Gasteiger partial charge in [0.25, 0.3) is 0 Å². The molecule has 1 N–H and O–H groups in total. The van der Waals surface area contributed by atoms with E-state index in [4.69, 9.17) is 9.47 Å². The van der Waals surface area contributed by atoms with Crippen LogP contribution in [0.2, 0.25) is 0 Å². The van der Waals surface area contributed by atoms with Crippen LogP contribution in [-0.4, -0.2) is 24.9 Å². The second-order valence-electron chi connectivity index (χ2n) is 6.07. The molecule has 0 unspecified atom stereocenters. The zero-order valence-electron chi connectivity index (χ0n) is 15.6. The molecule has 0 heterocycles. The molecule has 144 valence electrons. The summed E-state index contributed by atoms with van der Waals surface area (Å²) >= 11 is 0. The Bertz CT molecular complexity index is 774. The van der Waals surface area contributed by atoms with Crippen LogP contribution in [0.3, 0.4) is 0 Å². The number of carbonyl (C=O) groups is 2. The lowest BCUT2D eigenvalue weighted by Gasteiger charge is -2.12. The van der Waals surface area contributed by atoms with E-state index in [2.05, 4.69) is 5.32 Å². The quantitative estimate of drug-likeness (QED) is 0.488. The van der Waals surface area contributed by atoms with Crippen molar-refractivity contribution in [1.29, 1.82) is 0 Å². The van der Waals surface area contributed by atoms with Crippen molar-refractivity contribution >= 4 is 17.4 Å². The Kier molecular flexibility index (Phi) is 7.79. The van der Waals surface area contributed by atoms with Gasteiger partial charge < -0.3 is 14.8 Å². The van der Waals surface area contributed by atoms with Crippen LogP contribution >= 0.6 is 0 Å². The molecule has 0 atom stereocenters. The third-order valence-electron chi connectivity index (χ3n) is 3.75. The van der Waals surface area contributed by atoms with Crippen LogP contribution in [-0.2, 0) is 4.79 Å². The molecule has 0 aliphatic carbocycles. The third kappa shape index (κ3) is 6.73. The number of nitrogens with one attached hydrogen (secondary N) is 1. The Morgan fingerprint density at radius 1 is 1.04 bits per heavy atom. The van der Waals surface area contributed by atoms with Gasteiger partial charge in [-0.15, -0.1) is 0 Å². The zero-order valence-corrected chi connectivity index (χ0v) is 15.6. The van der Waals surface area contributed by atoms with Gasteiger partial charge in [0.2, 0.25) is 5.91 Å². The molecule has 0 fully saturated rings. The molecule has 2 rings (SSSR count). The molecule has 2 aromatic rings. The monoisotopic (exact) mass is 373 g/mol. The molecule has 0 aromatic heterocycles. The number of benzene rings is 2. The summed E-state index contributed by atoms with van der Waals surface area (Å²) in [4.78, 5) is 23.6. The van der Waals surface area contributed by atoms with E-state index in [-0.39, 0.29) is 17.5 Å². The van der Waals surface area contributed by atoms with E-state index in [1.165, 1.54) is 19.1 Å². The van der Waals surface area contributed by atoms with Crippen LogP contribution in [0, 0.1) is 5.82 Å². The molecule has 0 aliphatic rings.